The van der Waals surface area contributed by atoms with Crippen LogP contribution in [0.4, 0.5) is 0 Å². The second kappa shape index (κ2) is 5.90. The number of carbonyl (C=O) groups excluding carboxylic acids is 2. The van der Waals surface area contributed by atoms with Crippen molar-refractivity contribution in [3.05, 3.63) is 76.9 Å². The van der Waals surface area contributed by atoms with Gasteiger partial charge in [0.2, 0.25) is 0 Å². The number of rotatable bonds is 3. The Balaban J connectivity index is 1.78. The van der Waals surface area contributed by atoms with Gasteiger partial charge in [-0.25, -0.2) is 0 Å². The van der Waals surface area contributed by atoms with E-state index in [4.69, 9.17) is 4.74 Å². The standard InChI is InChI=1S/C21H18O5/c1-12-10-21(25)17(19(23)18(12)22)16-14(20(21)24)8-5-9-15(16)26-11-13-6-3-2-4-7-13/h2-10,17,19,23,25H,11H2,1H3/t17-,19-,21-/m0/s1. The van der Waals surface area contributed by atoms with Crippen LogP contribution in [-0.4, -0.2) is 33.5 Å². The van der Waals surface area contributed by atoms with Gasteiger partial charge in [-0.15, -0.1) is 0 Å². The molecule has 0 amide bonds. The monoisotopic (exact) mass is 350 g/mol. The highest BCUT2D eigenvalue weighted by atomic mass is 16.5. The van der Waals surface area contributed by atoms with Crippen LogP contribution in [-0.2, 0) is 11.4 Å². The Hall–Kier alpha value is -2.76. The molecule has 0 aliphatic heterocycles. The number of Topliss-reactive ketones (excluding diaryl/α,β-unsaturated/α-hetero) is 2. The molecule has 2 aromatic carbocycles. The number of ketones is 2. The van der Waals surface area contributed by atoms with Crippen LogP contribution in [0.15, 0.2) is 60.2 Å². The van der Waals surface area contributed by atoms with Crippen LogP contribution < -0.4 is 4.74 Å². The smallest absolute Gasteiger partial charge is 0.199 e. The van der Waals surface area contributed by atoms with Crippen molar-refractivity contribution in [3.8, 4) is 5.75 Å². The zero-order valence-corrected chi connectivity index (χ0v) is 14.2. The third-order valence-corrected chi connectivity index (χ3v) is 5.11. The summed E-state index contributed by atoms with van der Waals surface area (Å²) in [6.45, 7) is 1.76. The molecule has 0 unspecified atom stereocenters. The molecule has 5 heteroatoms. The van der Waals surface area contributed by atoms with Crippen molar-refractivity contribution in [2.75, 3.05) is 0 Å². The van der Waals surface area contributed by atoms with Crippen molar-refractivity contribution >= 4 is 11.6 Å². The average molecular weight is 350 g/mol. The first kappa shape index (κ1) is 16.7. The lowest BCUT2D eigenvalue weighted by molar-refractivity contribution is -0.128. The number of benzene rings is 2. The van der Waals surface area contributed by atoms with Crippen LogP contribution in [0, 0.1) is 0 Å². The number of aliphatic hydroxyl groups excluding tert-OH is 1. The summed E-state index contributed by atoms with van der Waals surface area (Å²) in [6.07, 6.45) is -0.229. The lowest BCUT2D eigenvalue weighted by Crippen LogP contribution is -2.49. The Morgan fingerprint density at radius 3 is 2.54 bits per heavy atom. The molecular weight excluding hydrogens is 332 g/mol. The maximum absolute atomic E-state index is 12.8. The van der Waals surface area contributed by atoms with Crippen LogP contribution in [0.3, 0.4) is 0 Å². The van der Waals surface area contributed by atoms with Gasteiger partial charge in [-0.2, -0.15) is 0 Å². The third kappa shape index (κ3) is 2.32. The van der Waals surface area contributed by atoms with Gasteiger partial charge in [0, 0.05) is 11.1 Å². The number of aliphatic hydroxyl groups is 2. The molecule has 3 atom stereocenters. The average Bonchev–Trinajstić information content (AvgIpc) is 2.87. The number of hydrogen-bond donors (Lipinski definition) is 2. The van der Waals surface area contributed by atoms with E-state index in [-0.39, 0.29) is 17.7 Å². The first-order valence-electron chi connectivity index (χ1n) is 8.42. The predicted molar refractivity (Wildman–Crippen MR) is 94.0 cm³/mol. The zero-order chi connectivity index (χ0) is 18.5. The fourth-order valence-electron chi connectivity index (χ4n) is 3.84. The number of fused-ring (bicyclic) bond motifs is 3. The van der Waals surface area contributed by atoms with E-state index in [0.29, 0.717) is 11.3 Å². The fraction of sp³-hybridized carbons (Fsp3) is 0.238. The van der Waals surface area contributed by atoms with Gasteiger partial charge < -0.3 is 14.9 Å². The van der Waals surface area contributed by atoms with Gasteiger partial charge in [-0.05, 0) is 30.2 Å². The highest BCUT2D eigenvalue weighted by Gasteiger charge is 2.58. The van der Waals surface area contributed by atoms with Crippen molar-refractivity contribution in [1.82, 2.24) is 0 Å². The summed E-state index contributed by atoms with van der Waals surface area (Å²) in [7, 11) is 0. The molecule has 0 spiro atoms. The van der Waals surface area contributed by atoms with Crippen LogP contribution in [0.5, 0.6) is 5.75 Å². The van der Waals surface area contributed by atoms with E-state index in [9.17, 15) is 19.8 Å². The van der Waals surface area contributed by atoms with Crippen molar-refractivity contribution in [3.63, 3.8) is 0 Å². The lowest BCUT2D eigenvalue weighted by Gasteiger charge is -2.34. The van der Waals surface area contributed by atoms with Gasteiger partial charge in [0.05, 0.1) is 5.92 Å². The van der Waals surface area contributed by atoms with E-state index in [2.05, 4.69) is 0 Å². The van der Waals surface area contributed by atoms with E-state index >= 15 is 0 Å². The minimum atomic E-state index is -1.92. The summed E-state index contributed by atoms with van der Waals surface area (Å²) in [5.74, 6) is -1.68. The summed E-state index contributed by atoms with van der Waals surface area (Å²) in [5, 5.41) is 21.5. The number of hydrogen-bond acceptors (Lipinski definition) is 5. The molecule has 26 heavy (non-hydrogen) atoms. The van der Waals surface area contributed by atoms with Crippen molar-refractivity contribution in [1.29, 1.82) is 0 Å². The Kier molecular flexibility index (Phi) is 3.79. The van der Waals surface area contributed by atoms with Gasteiger partial charge in [-0.3, -0.25) is 9.59 Å². The van der Waals surface area contributed by atoms with Gasteiger partial charge in [0.1, 0.15) is 18.5 Å². The van der Waals surface area contributed by atoms with E-state index in [1.807, 2.05) is 30.3 Å². The molecule has 0 saturated carbocycles. The summed E-state index contributed by atoms with van der Waals surface area (Å²) in [5.41, 5.74) is -0.127. The van der Waals surface area contributed by atoms with E-state index < -0.39 is 29.2 Å². The maximum atomic E-state index is 12.8. The zero-order valence-electron chi connectivity index (χ0n) is 14.2. The molecule has 2 aromatic rings. The summed E-state index contributed by atoms with van der Waals surface area (Å²) in [4.78, 5) is 25.0. The maximum Gasteiger partial charge on any atom is 0.199 e. The Bertz CT molecular complexity index is 931. The summed E-state index contributed by atoms with van der Waals surface area (Å²) in [6, 6.07) is 14.5. The van der Waals surface area contributed by atoms with Gasteiger partial charge in [0.25, 0.3) is 0 Å². The molecule has 132 valence electrons. The topological polar surface area (TPSA) is 83.8 Å². The molecule has 2 aliphatic rings. The molecule has 0 saturated heterocycles. The molecule has 0 bridgehead atoms. The second-order valence-corrected chi connectivity index (χ2v) is 6.76. The molecule has 2 N–H and O–H groups in total. The van der Waals surface area contributed by atoms with Crippen LogP contribution >= 0.6 is 0 Å². The van der Waals surface area contributed by atoms with Gasteiger partial charge in [-0.1, -0.05) is 42.5 Å². The largest absolute Gasteiger partial charge is 0.489 e. The van der Waals surface area contributed by atoms with Crippen molar-refractivity contribution < 1.29 is 24.5 Å². The first-order valence-corrected chi connectivity index (χ1v) is 8.42. The minimum Gasteiger partial charge on any atom is -0.489 e. The molecule has 4 rings (SSSR count). The summed E-state index contributed by atoms with van der Waals surface area (Å²) < 4.78 is 5.88. The first-order chi connectivity index (χ1) is 12.4. The molecule has 0 aromatic heterocycles. The second-order valence-electron chi connectivity index (χ2n) is 6.76. The predicted octanol–water partition coefficient (Wildman–Crippen LogP) is 2.17. The molecule has 2 aliphatic carbocycles. The molecule has 0 radical (unpaired) electrons. The Morgan fingerprint density at radius 1 is 1.08 bits per heavy atom. The van der Waals surface area contributed by atoms with Gasteiger partial charge in [0.15, 0.2) is 17.2 Å². The minimum absolute atomic E-state index is 0.184. The van der Waals surface area contributed by atoms with Crippen molar-refractivity contribution in [2.24, 2.45) is 0 Å². The molecule has 0 heterocycles. The fourth-order valence-corrected chi connectivity index (χ4v) is 3.84. The van der Waals surface area contributed by atoms with E-state index in [1.165, 1.54) is 13.0 Å². The molecule has 5 nitrogen and oxygen atoms in total. The van der Waals surface area contributed by atoms with Gasteiger partial charge >= 0.3 is 0 Å². The van der Waals surface area contributed by atoms with Crippen LogP contribution in [0.2, 0.25) is 0 Å². The highest BCUT2D eigenvalue weighted by Crippen LogP contribution is 2.50. The normalized spacial score (nSPS) is 27.0. The summed E-state index contributed by atoms with van der Waals surface area (Å²) >= 11 is 0. The quantitative estimate of drug-likeness (QED) is 0.886. The van der Waals surface area contributed by atoms with E-state index in [1.54, 1.807) is 18.2 Å². The van der Waals surface area contributed by atoms with E-state index in [0.717, 1.165) is 5.56 Å². The van der Waals surface area contributed by atoms with Crippen LogP contribution in [0.1, 0.15) is 34.3 Å². The highest BCUT2D eigenvalue weighted by molar-refractivity contribution is 6.14. The molecular formula is C21H18O5. The third-order valence-electron chi connectivity index (χ3n) is 5.11. The van der Waals surface area contributed by atoms with Crippen LogP contribution in [0.25, 0.3) is 0 Å². The van der Waals surface area contributed by atoms with Crippen molar-refractivity contribution in [2.45, 2.75) is 31.2 Å². The Morgan fingerprint density at radius 2 is 1.81 bits per heavy atom. The Labute approximate surface area is 150 Å². The lowest BCUT2D eigenvalue weighted by atomic mass is 9.75. The molecule has 0 fully saturated rings. The number of ether oxygens (including phenoxy) is 1. The number of carbonyl (C=O) groups is 2. The SMILES string of the molecule is CC1=C[C@@]2(O)C(=O)c3cccc(OCc4ccccc4)c3[C@H]2[C@H](O)C1=O.